The first-order valence-electron chi connectivity index (χ1n) is 6.64. The average Bonchev–Trinajstić information content (AvgIpc) is 2.48. The number of ketones is 1. The summed E-state index contributed by atoms with van der Waals surface area (Å²) in [7, 11) is 0. The summed E-state index contributed by atoms with van der Waals surface area (Å²) in [6.07, 6.45) is 1.20. The lowest BCUT2D eigenvalue weighted by Crippen LogP contribution is -2.03. The first-order chi connectivity index (χ1) is 9.66. The van der Waals surface area contributed by atoms with Gasteiger partial charge in [-0.3, -0.25) is 4.79 Å². The fourth-order valence-electron chi connectivity index (χ4n) is 1.90. The van der Waals surface area contributed by atoms with Crippen molar-refractivity contribution in [3.63, 3.8) is 0 Å². The Balaban J connectivity index is 1.76. The lowest BCUT2D eigenvalue weighted by molar-refractivity contribution is 0.0973. The van der Waals surface area contributed by atoms with Crippen LogP contribution in [-0.2, 0) is 0 Å². The Morgan fingerprint density at radius 3 is 2.60 bits per heavy atom. The summed E-state index contributed by atoms with van der Waals surface area (Å²) in [6.45, 7) is 2.47. The van der Waals surface area contributed by atoms with E-state index >= 15 is 0 Å². The molecule has 0 N–H and O–H groups in total. The molecule has 2 aromatic rings. The minimum Gasteiger partial charge on any atom is -0.494 e. The monoisotopic (exact) mass is 288 g/mol. The molecule has 0 aromatic heterocycles. The normalized spacial score (nSPS) is 10.3. The Hall–Kier alpha value is -1.80. The van der Waals surface area contributed by atoms with E-state index in [-0.39, 0.29) is 5.78 Å². The molecule has 0 radical (unpaired) electrons. The van der Waals surface area contributed by atoms with Crippen molar-refractivity contribution in [2.75, 3.05) is 6.61 Å². The second-order valence-electron chi connectivity index (χ2n) is 4.65. The van der Waals surface area contributed by atoms with Crippen LogP contribution in [0.5, 0.6) is 5.75 Å². The number of aryl methyl sites for hydroxylation is 1. The van der Waals surface area contributed by atoms with Gasteiger partial charge in [0.05, 0.1) is 6.61 Å². The van der Waals surface area contributed by atoms with Crippen molar-refractivity contribution in [1.29, 1.82) is 0 Å². The van der Waals surface area contributed by atoms with E-state index in [1.807, 2.05) is 55.5 Å². The van der Waals surface area contributed by atoms with E-state index in [1.165, 1.54) is 0 Å². The van der Waals surface area contributed by atoms with Crippen molar-refractivity contribution in [2.45, 2.75) is 19.8 Å². The largest absolute Gasteiger partial charge is 0.494 e. The number of hydrogen-bond donors (Lipinski definition) is 0. The molecule has 0 bridgehead atoms. The summed E-state index contributed by atoms with van der Waals surface area (Å²) < 4.78 is 5.62. The fraction of sp³-hybridized carbons (Fsp3) is 0.235. The summed E-state index contributed by atoms with van der Waals surface area (Å²) >= 11 is 5.95. The van der Waals surface area contributed by atoms with Crippen LogP contribution in [0.1, 0.15) is 28.8 Å². The third-order valence-electron chi connectivity index (χ3n) is 3.04. The van der Waals surface area contributed by atoms with Gasteiger partial charge in [0, 0.05) is 17.0 Å². The second-order valence-corrected chi connectivity index (χ2v) is 5.06. The van der Waals surface area contributed by atoms with E-state index < -0.39 is 0 Å². The molecule has 0 saturated heterocycles. The van der Waals surface area contributed by atoms with Gasteiger partial charge in [-0.2, -0.15) is 0 Å². The smallest absolute Gasteiger partial charge is 0.163 e. The molecule has 104 valence electrons. The van der Waals surface area contributed by atoms with E-state index in [0.717, 1.165) is 21.9 Å². The highest BCUT2D eigenvalue weighted by atomic mass is 35.5. The number of halogens is 1. The summed E-state index contributed by atoms with van der Waals surface area (Å²) in [5.41, 5.74) is 1.75. The van der Waals surface area contributed by atoms with Crippen molar-refractivity contribution >= 4 is 17.4 Å². The molecule has 0 aliphatic rings. The summed E-state index contributed by atoms with van der Waals surface area (Å²) in [5, 5.41) is 0.733. The van der Waals surface area contributed by atoms with Crippen LogP contribution in [0.4, 0.5) is 0 Å². The van der Waals surface area contributed by atoms with Crippen LogP contribution in [0.15, 0.2) is 48.5 Å². The number of Topliss-reactive ketones (excluding diaryl/α,β-unsaturated/α-hetero) is 1. The quantitative estimate of drug-likeness (QED) is 0.569. The van der Waals surface area contributed by atoms with Gasteiger partial charge in [0.2, 0.25) is 0 Å². The minimum absolute atomic E-state index is 0.154. The lowest BCUT2D eigenvalue weighted by Gasteiger charge is -2.07. The molecule has 2 nitrogen and oxygen atoms in total. The van der Waals surface area contributed by atoms with Crippen LogP contribution in [-0.4, -0.2) is 12.4 Å². The van der Waals surface area contributed by atoms with Crippen LogP contribution in [0, 0.1) is 6.92 Å². The second kappa shape index (κ2) is 7.11. The Bertz CT molecular complexity index is 579. The molecule has 0 spiro atoms. The molecular formula is C17H17ClO2. The van der Waals surface area contributed by atoms with Gasteiger partial charge in [-0.05, 0) is 37.1 Å². The number of hydrogen-bond acceptors (Lipinski definition) is 2. The van der Waals surface area contributed by atoms with E-state index in [9.17, 15) is 4.79 Å². The number of benzene rings is 2. The molecule has 0 amide bonds. The Morgan fingerprint density at radius 2 is 1.90 bits per heavy atom. The predicted molar refractivity (Wildman–Crippen MR) is 81.7 cm³/mol. The molecular weight excluding hydrogens is 272 g/mol. The summed E-state index contributed by atoms with van der Waals surface area (Å²) in [4.78, 5) is 11.9. The molecule has 0 fully saturated rings. The van der Waals surface area contributed by atoms with E-state index in [1.54, 1.807) is 0 Å². The van der Waals surface area contributed by atoms with Gasteiger partial charge in [0.1, 0.15) is 5.75 Å². The van der Waals surface area contributed by atoms with Crippen LogP contribution >= 0.6 is 11.6 Å². The standard InChI is InChI=1S/C17H17ClO2/c1-13-12-15(9-10-16(13)18)20-11-5-8-17(19)14-6-3-2-4-7-14/h2-4,6-7,9-10,12H,5,8,11H2,1H3. The van der Waals surface area contributed by atoms with E-state index in [0.29, 0.717) is 19.4 Å². The number of carbonyl (C=O) groups excluding carboxylic acids is 1. The number of carbonyl (C=O) groups is 1. The fourth-order valence-corrected chi connectivity index (χ4v) is 2.02. The lowest BCUT2D eigenvalue weighted by atomic mass is 10.1. The third-order valence-corrected chi connectivity index (χ3v) is 3.47. The highest BCUT2D eigenvalue weighted by Crippen LogP contribution is 2.21. The molecule has 0 heterocycles. The maximum absolute atomic E-state index is 11.9. The van der Waals surface area contributed by atoms with Crippen molar-refractivity contribution in [3.8, 4) is 5.75 Å². The van der Waals surface area contributed by atoms with Crippen LogP contribution < -0.4 is 4.74 Å². The number of rotatable bonds is 6. The van der Waals surface area contributed by atoms with Crippen molar-refractivity contribution < 1.29 is 9.53 Å². The topological polar surface area (TPSA) is 26.3 Å². The molecule has 0 unspecified atom stereocenters. The highest BCUT2D eigenvalue weighted by molar-refractivity contribution is 6.31. The highest BCUT2D eigenvalue weighted by Gasteiger charge is 2.05. The summed E-state index contributed by atoms with van der Waals surface area (Å²) in [5.74, 6) is 0.945. The minimum atomic E-state index is 0.154. The van der Waals surface area contributed by atoms with Crippen LogP contribution in [0.2, 0.25) is 5.02 Å². The van der Waals surface area contributed by atoms with Gasteiger partial charge >= 0.3 is 0 Å². The van der Waals surface area contributed by atoms with E-state index in [2.05, 4.69) is 0 Å². The zero-order chi connectivity index (χ0) is 14.4. The molecule has 0 atom stereocenters. The molecule has 0 saturated carbocycles. The Morgan fingerprint density at radius 1 is 1.15 bits per heavy atom. The third kappa shape index (κ3) is 4.10. The number of ether oxygens (including phenoxy) is 1. The first kappa shape index (κ1) is 14.6. The molecule has 2 rings (SSSR count). The van der Waals surface area contributed by atoms with E-state index in [4.69, 9.17) is 16.3 Å². The van der Waals surface area contributed by atoms with Gasteiger partial charge < -0.3 is 4.74 Å². The van der Waals surface area contributed by atoms with Crippen molar-refractivity contribution in [3.05, 3.63) is 64.7 Å². The molecule has 3 heteroatoms. The molecule has 2 aromatic carbocycles. The van der Waals surface area contributed by atoms with Gasteiger partial charge in [-0.15, -0.1) is 0 Å². The Kier molecular flexibility index (Phi) is 5.19. The predicted octanol–water partition coefficient (Wildman–Crippen LogP) is 4.69. The van der Waals surface area contributed by atoms with Crippen molar-refractivity contribution in [2.24, 2.45) is 0 Å². The van der Waals surface area contributed by atoms with Gasteiger partial charge in [0.25, 0.3) is 0 Å². The molecule has 0 aliphatic heterocycles. The maximum atomic E-state index is 11.9. The molecule has 20 heavy (non-hydrogen) atoms. The molecule has 0 aliphatic carbocycles. The zero-order valence-corrected chi connectivity index (χ0v) is 12.2. The van der Waals surface area contributed by atoms with Crippen LogP contribution in [0.3, 0.4) is 0 Å². The van der Waals surface area contributed by atoms with Crippen molar-refractivity contribution in [1.82, 2.24) is 0 Å². The zero-order valence-electron chi connectivity index (χ0n) is 11.4. The summed E-state index contributed by atoms with van der Waals surface area (Å²) in [6, 6.07) is 14.9. The van der Waals surface area contributed by atoms with Gasteiger partial charge in [-0.1, -0.05) is 41.9 Å². The average molecular weight is 289 g/mol. The maximum Gasteiger partial charge on any atom is 0.163 e. The first-order valence-corrected chi connectivity index (χ1v) is 7.02. The van der Waals surface area contributed by atoms with Gasteiger partial charge in [0.15, 0.2) is 5.78 Å². The van der Waals surface area contributed by atoms with Crippen LogP contribution in [0.25, 0.3) is 0 Å². The SMILES string of the molecule is Cc1cc(OCCCC(=O)c2ccccc2)ccc1Cl. The Labute approximate surface area is 124 Å². The van der Waals surface area contributed by atoms with Gasteiger partial charge in [-0.25, -0.2) is 0 Å².